The molecule has 0 bridgehead atoms. The first-order chi connectivity index (χ1) is 21.5. The second-order valence-corrected chi connectivity index (χ2v) is 14.3. The van der Waals surface area contributed by atoms with Crippen molar-refractivity contribution in [2.45, 2.75) is 85.7 Å². The van der Waals surface area contributed by atoms with E-state index in [2.05, 4.69) is 15.0 Å². The van der Waals surface area contributed by atoms with Gasteiger partial charge in [-0.2, -0.15) is 4.98 Å². The number of rotatable bonds is 5. The van der Waals surface area contributed by atoms with Gasteiger partial charge in [0, 0.05) is 24.7 Å². The second-order valence-electron chi connectivity index (χ2n) is 13.9. The monoisotopic (exact) mass is 649 g/mol. The average molecular weight is 650 g/mol. The summed E-state index contributed by atoms with van der Waals surface area (Å²) in [5.41, 5.74) is 0.433. The number of pyridine rings is 1. The highest BCUT2D eigenvalue weighted by Crippen LogP contribution is 2.43. The van der Waals surface area contributed by atoms with Crippen LogP contribution in [0.15, 0.2) is 41.5 Å². The highest BCUT2D eigenvalue weighted by Gasteiger charge is 2.51. The van der Waals surface area contributed by atoms with Gasteiger partial charge in [0.05, 0.1) is 38.7 Å². The maximum absolute atomic E-state index is 15.2. The van der Waals surface area contributed by atoms with E-state index in [0.29, 0.717) is 28.3 Å². The summed E-state index contributed by atoms with van der Waals surface area (Å²) in [6.45, 7) is 18.2. The number of anilines is 1. The fraction of sp³-hybridized carbons (Fsp3) is 0.471. The number of halogens is 2. The SMILES string of the molecule is CC(C)c1ncnc(C(C)C)c1-n1c(=O)nc(N2C[C@@](C)(C(C)(C)C)N(C(=O)O)C[C@@H]2C)c2cc(Cl)c(-c3ccccc3F)nc21. The van der Waals surface area contributed by atoms with Crippen molar-refractivity contribution in [3.63, 3.8) is 0 Å². The molecule has 244 valence electrons. The van der Waals surface area contributed by atoms with Crippen molar-refractivity contribution >= 4 is 34.5 Å². The molecule has 12 heteroatoms. The number of hydrogen-bond donors (Lipinski definition) is 1. The summed E-state index contributed by atoms with van der Waals surface area (Å²) in [6, 6.07) is 7.52. The maximum atomic E-state index is 15.2. The molecule has 3 aromatic heterocycles. The second kappa shape index (κ2) is 11.9. The minimum atomic E-state index is -1.01. The van der Waals surface area contributed by atoms with Crippen LogP contribution in [-0.4, -0.2) is 65.3 Å². The molecule has 4 heterocycles. The third kappa shape index (κ3) is 5.48. The van der Waals surface area contributed by atoms with Crippen molar-refractivity contribution in [3.05, 3.63) is 69.4 Å². The predicted octanol–water partition coefficient (Wildman–Crippen LogP) is 7.27. The Bertz CT molecular complexity index is 1860. The van der Waals surface area contributed by atoms with Crippen LogP contribution in [0.5, 0.6) is 0 Å². The summed E-state index contributed by atoms with van der Waals surface area (Å²) in [7, 11) is 0. The van der Waals surface area contributed by atoms with Gasteiger partial charge in [-0.1, -0.05) is 72.2 Å². The zero-order valence-corrected chi connectivity index (χ0v) is 28.5. The van der Waals surface area contributed by atoms with Crippen LogP contribution in [0.1, 0.15) is 85.5 Å². The van der Waals surface area contributed by atoms with Crippen LogP contribution in [0.2, 0.25) is 5.02 Å². The first-order valence-corrected chi connectivity index (χ1v) is 15.9. The Hall–Kier alpha value is -4.12. The Morgan fingerprint density at radius 3 is 2.24 bits per heavy atom. The van der Waals surface area contributed by atoms with E-state index in [1.807, 2.05) is 67.2 Å². The van der Waals surface area contributed by atoms with Gasteiger partial charge in [-0.25, -0.2) is 33.5 Å². The number of carboxylic acid groups (broad SMARTS) is 1. The van der Waals surface area contributed by atoms with Gasteiger partial charge >= 0.3 is 11.8 Å². The van der Waals surface area contributed by atoms with Crippen molar-refractivity contribution in [2.24, 2.45) is 5.41 Å². The molecule has 10 nitrogen and oxygen atoms in total. The molecule has 1 fully saturated rings. The quantitative estimate of drug-likeness (QED) is 0.240. The molecule has 1 aliphatic rings. The highest BCUT2D eigenvalue weighted by atomic mass is 35.5. The van der Waals surface area contributed by atoms with Crippen LogP contribution in [0.25, 0.3) is 28.0 Å². The number of nitrogens with zero attached hydrogens (tertiary/aromatic N) is 7. The van der Waals surface area contributed by atoms with E-state index in [1.165, 1.54) is 21.9 Å². The van der Waals surface area contributed by atoms with Crippen molar-refractivity contribution in [1.29, 1.82) is 0 Å². The molecule has 1 aliphatic heterocycles. The molecule has 0 radical (unpaired) electrons. The third-order valence-electron chi connectivity index (χ3n) is 9.30. The molecule has 0 unspecified atom stereocenters. The molecule has 1 N–H and O–H groups in total. The van der Waals surface area contributed by atoms with Gasteiger partial charge in [-0.05, 0) is 49.3 Å². The summed E-state index contributed by atoms with van der Waals surface area (Å²) in [5, 5.41) is 10.8. The molecule has 1 saturated heterocycles. The topological polar surface area (TPSA) is 117 Å². The van der Waals surface area contributed by atoms with Crippen LogP contribution < -0.4 is 10.6 Å². The van der Waals surface area contributed by atoms with Gasteiger partial charge in [-0.15, -0.1) is 0 Å². The Morgan fingerprint density at radius 1 is 1.09 bits per heavy atom. The Kier molecular flexibility index (Phi) is 8.61. The summed E-state index contributed by atoms with van der Waals surface area (Å²) in [5.74, 6) is -0.334. The normalized spacial score (nSPS) is 19.0. The molecular weight excluding hydrogens is 609 g/mol. The van der Waals surface area contributed by atoms with Gasteiger partial charge in [0.2, 0.25) is 0 Å². The van der Waals surface area contributed by atoms with Gasteiger partial charge in [-0.3, -0.25) is 4.90 Å². The van der Waals surface area contributed by atoms with Crippen molar-refractivity contribution < 1.29 is 14.3 Å². The van der Waals surface area contributed by atoms with Gasteiger partial charge < -0.3 is 10.0 Å². The smallest absolute Gasteiger partial charge is 0.407 e. The first kappa shape index (κ1) is 33.2. The molecule has 0 saturated carbocycles. The Balaban J connectivity index is 1.90. The lowest BCUT2D eigenvalue weighted by Gasteiger charge is -2.56. The molecule has 1 amide bonds. The van der Waals surface area contributed by atoms with E-state index in [-0.39, 0.29) is 52.9 Å². The average Bonchev–Trinajstić information content (AvgIpc) is 2.97. The number of amides is 1. The highest BCUT2D eigenvalue weighted by molar-refractivity contribution is 6.33. The number of piperazine rings is 1. The van der Waals surface area contributed by atoms with Gasteiger partial charge in [0.15, 0.2) is 5.65 Å². The summed E-state index contributed by atoms with van der Waals surface area (Å²) in [4.78, 5) is 49.0. The number of aromatic nitrogens is 5. The van der Waals surface area contributed by atoms with E-state index in [0.717, 1.165) is 0 Å². The molecular formula is C34H41ClFN7O3. The van der Waals surface area contributed by atoms with E-state index in [9.17, 15) is 14.7 Å². The summed E-state index contributed by atoms with van der Waals surface area (Å²) in [6.07, 6.45) is 0.484. The number of fused-ring (bicyclic) bond motifs is 1. The number of benzene rings is 1. The van der Waals surface area contributed by atoms with Crippen LogP contribution in [0.3, 0.4) is 0 Å². The molecule has 4 aromatic rings. The van der Waals surface area contributed by atoms with Crippen molar-refractivity contribution in [1.82, 2.24) is 29.4 Å². The lowest BCUT2D eigenvalue weighted by atomic mass is 9.71. The van der Waals surface area contributed by atoms with Crippen LogP contribution in [0.4, 0.5) is 15.0 Å². The van der Waals surface area contributed by atoms with E-state index >= 15 is 4.39 Å². The maximum Gasteiger partial charge on any atom is 0.407 e. The lowest BCUT2D eigenvalue weighted by Crippen LogP contribution is -2.70. The minimum absolute atomic E-state index is 0.0768. The van der Waals surface area contributed by atoms with Crippen molar-refractivity contribution in [2.75, 3.05) is 18.0 Å². The Morgan fingerprint density at radius 2 is 1.70 bits per heavy atom. The fourth-order valence-corrected chi connectivity index (χ4v) is 6.45. The van der Waals surface area contributed by atoms with Crippen LogP contribution in [0, 0.1) is 11.2 Å². The van der Waals surface area contributed by atoms with E-state index < -0.39 is 28.6 Å². The molecule has 0 spiro atoms. The molecule has 0 aliphatic carbocycles. The lowest BCUT2D eigenvalue weighted by molar-refractivity contribution is -0.00148. The zero-order chi connectivity index (χ0) is 33.9. The standard InChI is InChI=1S/C34H41ClFN7O3/c1-18(2)25-28(26(19(3)4)38-17-37-25)43-30-22(14-23(35)27(39-30)21-12-10-11-13-24(21)36)29(40-31(43)44)41-16-34(9,33(6,7)8)42(32(45)46)15-20(41)5/h10-14,17-20H,15-16H2,1-9H3,(H,45,46)/t20-,34-/m0/s1. The van der Waals surface area contributed by atoms with Gasteiger partial charge in [0.25, 0.3) is 0 Å². The summed E-state index contributed by atoms with van der Waals surface area (Å²) < 4.78 is 16.6. The Labute approximate surface area is 273 Å². The summed E-state index contributed by atoms with van der Waals surface area (Å²) >= 11 is 6.88. The molecule has 1 aromatic carbocycles. The predicted molar refractivity (Wildman–Crippen MR) is 179 cm³/mol. The third-order valence-corrected chi connectivity index (χ3v) is 9.59. The van der Waals surface area contributed by atoms with Crippen LogP contribution >= 0.6 is 11.6 Å². The van der Waals surface area contributed by atoms with Crippen LogP contribution in [-0.2, 0) is 0 Å². The van der Waals surface area contributed by atoms with Gasteiger partial charge in [0.1, 0.15) is 18.0 Å². The number of carbonyl (C=O) groups is 1. The largest absolute Gasteiger partial charge is 0.465 e. The molecule has 46 heavy (non-hydrogen) atoms. The minimum Gasteiger partial charge on any atom is -0.465 e. The molecule has 2 atom stereocenters. The first-order valence-electron chi connectivity index (χ1n) is 15.5. The fourth-order valence-electron chi connectivity index (χ4n) is 6.20. The zero-order valence-electron chi connectivity index (χ0n) is 27.8. The number of hydrogen-bond acceptors (Lipinski definition) is 7. The van der Waals surface area contributed by atoms with E-state index in [4.69, 9.17) is 16.6 Å². The van der Waals surface area contributed by atoms with Crippen molar-refractivity contribution in [3.8, 4) is 16.9 Å². The van der Waals surface area contributed by atoms with E-state index in [1.54, 1.807) is 24.3 Å². The molecule has 5 rings (SSSR count).